The van der Waals surface area contributed by atoms with E-state index in [0.29, 0.717) is 41.4 Å². The van der Waals surface area contributed by atoms with Crippen molar-refractivity contribution in [1.29, 1.82) is 0 Å². The molecule has 0 bridgehead atoms. The van der Waals surface area contributed by atoms with Gasteiger partial charge in [-0.3, -0.25) is 4.79 Å². The summed E-state index contributed by atoms with van der Waals surface area (Å²) in [4.78, 5) is 16.9. The standard InChI is InChI=1S/C22H19F3N4O3/c1-2-31-14-7-5-12(6-8-14)19-18-15(10-13(11-16(18)30)17-4-3-9-32-17)26-21-27-20(22(23,24)25)28-29(19)21/h3-9,13,19H,2,10-11H2,1H3,(H,26,27,28)/t13-,19-/m1/s1. The Hall–Kier alpha value is -3.56. The number of nitrogens with zero attached hydrogens (tertiary/aromatic N) is 3. The first-order valence-electron chi connectivity index (χ1n) is 10.2. The Morgan fingerprint density at radius 1 is 1.22 bits per heavy atom. The molecule has 3 heterocycles. The molecular weight excluding hydrogens is 425 g/mol. The van der Waals surface area contributed by atoms with Crippen molar-refractivity contribution in [3.05, 3.63) is 71.1 Å². The number of aromatic nitrogens is 3. The third-order valence-corrected chi connectivity index (χ3v) is 5.63. The third-order valence-electron chi connectivity index (χ3n) is 5.63. The van der Waals surface area contributed by atoms with Gasteiger partial charge in [0.25, 0.3) is 5.82 Å². The number of furan rings is 1. The van der Waals surface area contributed by atoms with Gasteiger partial charge in [0.15, 0.2) is 5.78 Å². The van der Waals surface area contributed by atoms with Gasteiger partial charge in [0, 0.05) is 23.6 Å². The molecule has 1 aliphatic heterocycles. The first-order chi connectivity index (χ1) is 15.3. The quantitative estimate of drug-likeness (QED) is 0.628. The summed E-state index contributed by atoms with van der Waals surface area (Å²) >= 11 is 0. The van der Waals surface area contributed by atoms with Gasteiger partial charge in [0.1, 0.15) is 17.6 Å². The minimum absolute atomic E-state index is 0.0529. The van der Waals surface area contributed by atoms with Crippen LogP contribution >= 0.6 is 0 Å². The second-order valence-corrected chi connectivity index (χ2v) is 7.67. The van der Waals surface area contributed by atoms with Gasteiger partial charge in [0.2, 0.25) is 5.95 Å². The Kier molecular flexibility index (Phi) is 4.79. The zero-order chi connectivity index (χ0) is 22.5. The second kappa shape index (κ2) is 7.54. The summed E-state index contributed by atoms with van der Waals surface area (Å²) < 4.78 is 52.2. The van der Waals surface area contributed by atoms with Gasteiger partial charge >= 0.3 is 6.18 Å². The number of rotatable bonds is 4. The maximum Gasteiger partial charge on any atom is 0.453 e. The number of Topliss-reactive ketones (excluding diaryl/α,β-unsaturated/α-hetero) is 1. The average Bonchev–Trinajstić information content (AvgIpc) is 3.43. The molecule has 7 nitrogen and oxygen atoms in total. The molecule has 2 aromatic heterocycles. The summed E-state index contributed by atoms with van der Waals surface area (Å²) in [6, 6.07) is 9.62. The molecule has 2 aliphatic rings. The number of carbonyl (C=O) groups excluding carboxylic acids is 1. The number of anilines is 1. The van der Waals surface area contributed by atoms with E-state index in [4.69, 9.17) is 9.15 Å². The van der Waals surface area contributed by atoms with Crippen LogP contribution in [-0.2, 0) is 11.0 Å². The third kappa shape index (κ3) is 3.45. The minimum Gasteiger partial charge on any atom is -0.494 e. The Labute approximate surface area is 180 Å². The summed E-state index contributed by atoms with van der Waals surface area (Å²) in [6.07, 6.45) is -2.57. The summed E-state index contributed by atoms with van der Waals surface area (Å²) in [5, 5.41) is 6.64. The first-order valence-corrected chi connectivity index (χ1v) is 10.2. The van der Waals surface area contributed by atoms with Crippen LogP contribution < -0.4 is 10.1 Å². The second-order valence-electron chi connectivity index (χ2n) is 7.67. The molecule has 1 aliphatic carbocycles. The molecule has 0 fully saturated rings. The zero-order valence-corrected chi connectivity index (χ0v) is 17.0. The molecule has 0 spiro atoms. The Balaban J connectivity index is 1.61. The van der Waals surface area contributed by atoms with Crippen molar-refractivity contribution in [2.24, 2.45) is 0 Å². The van der Waals surface area contributed by atoms with Crippen LogP contribution in [0.1, 0.15) is 48.9 Å². The summed E-state index contributed by atoms with van der Waals surface area (Å²) in [5.41, 5.74) is 1.55. The van der Waals surface area contributed by atoms with Crippen LogP contribution in [-0.4, -0.2) is 27.2 Å². The van der Waals surface area contributed by atoms with Crippen molar-refractivity contribution in [1.82, 2.24) is 14.8 Å². The highest BCUT2D eigenvalue weighted by molar-refractivity contribution is 6.00. The van der Waals surface area contributed by atoms with Crippen LogP contribution in [0.4, 0.5) is 19.1 Å². The Morgan fingerprint density at radius 2 is 2.00 bits per heavy atom. The summed E-state index contributed by atoms with van der Waals surface area (Å²) in [6.45, 7) is 2.34. The molecular formula is C22H19F3N4O3. The van der Waals surface area contributed by atoms with Crippen LogP contribution in [0.15, 0.2) is 58.3 Å². The summed E-state index contributed by atoms with van der Waals surface area (Å²) in [5.74, 6) is -0.405. The van der Waals surface area contributed by atoms with Gasteiger partial charge in [-0.05, 0) is 43.2 Å². The lowest BCUT2D eigenvalue weighted by Crippen LogP contribution is -2.33. The predicted octanol–water partition coefficient (Wildman–Crippen LogP) is 4.70. The van der Waals surface area contributed by atoms with Gasteiger partial charge in [0.05, 0.1) is 12.9 Å². The lowest BCUT2D eigenvalue weighted by molar-refractivity contribution is -0.145. The molecule has 3 aromatic rings. The van der Waals surface area contributed by atoms with Crippen molar-refractivity contribution >= 4 is 11.7 Å². The molecule has 32 heavy (non-hydrogen) atoms. The first kappa shape index (κ1) is 20.3. The van der Waals surface area contributed by atoms with Gasteiger partial charge in [-0.15, -0.1) is 5.10 Å². The maximum atomic E-state index is 13.4. The van der Waals surface area contributed by atoms with Crippen molar-refractivity contribution in [3.8, 4) is 5.75 Å². The lowest BCUT2D eigenvalue weighted by Gasteiger charge is -2.34. The van der Waals surface area contributed by atoms with Crippen LogP contribution in [0, 0.1) is 0 Å². The Bertz CT molecular complexity index is 1180. The fourth-order valence-electron chi connectivity index (χ4n) is 4.28. The number of benzene rings is 1. The normalized spacial score (nSPS) is 20.6. The average molecular weight is 444 g/mol. The molecule has 0 amide bonds. The summed E-state index contributed by atoms with van der Waals surface area (Å²) in [7, 11) is 0. The molecule has 0 unspecified atom stereocenters. The van der Waals surface area contributed by atoms with Gasteiger partial charge in [-0.25, -0.2) is 4.68 Å². The van der Waals surface area contributed by atoms with Crippen LogP contribution in [0.2, 0.25) is 0 Å². The number of allylic oxidation sites excluding steroid dienone is 2. The molecule has 0 saturated carbocycles. The Morgan fingerprint density at radius 3 is 2.66 bits per heavy atom. The molecule has 5 rings (SSSR count). The fraction of sp³-hybridized carbons (Fsp3) is 0.318. The van der Waals surface area contributed by atoms with Gasteiger partial charge < -0.3 is 14.5 Å². The van der Waals surface area contributed by atoms with E-state index in [0.717, 1.165) is 4.68 Å². The van der Waals surface area contributed by atoms with Crippen LogP contribution in [0.3, 0.4) is 0 Å². The molecule has 10 heteroatoms. The van der Waals surface area contributed by atoms with E-state index < -0.39 is 18.0 Å². The van der Waals surface area contributed by atoms with Crippen LogP contribution in [0.5, 0.6) is 5.75 Å². The molecule has 166 valence electrons. The molecule has 0 saturated heterocycles. The highest BCUT2D eigenvalue weighted by Crippen LogP contribution is 2.45. The monoisotopic (exact) mass is 444 g/mol. The van der Waals surface area contributed by atoms with Gasteiger partial charge in [-0.1, -0.05) is 12.1 Å². The number of alkyl halides is 3. The fourth-order valence-corrected chi connectivity index (χ4v) is 4.28. The van der Waals surface area contributed by atoms with Crippen molar-refractivity contribution < 1.29 is 27.1 Å². The number of fused-ring (bicyclic) bond motifs is 1. The highest BCUT2D eigenvalue weighted by atomic mass is 19.4. The lowest BCUT2D eigenvalue weighted by atomic mass is 9.79. The van der Waals surface area contributed by atoms with Gasteiger partial charge in [-0.2, -0.15) is 18.2 Å². The number of nitrogens with one attached hydrogen (secondary N) is 1. The van der Waals surface area contributed by atoms with E-state index in [1.807, 2.05) is 6.92 Å². The minimum atomic E-state index is -4.71. The predicted molar refractivity (Wildman–Crippen MR) is 107 cm³/mol. The number of ketones is 1. The van der Waals surface area contributed by atoms with E-state index in [1.165, 1.54) is 6.26 Å². The SMILES string of the molecule is CCOc1ccc([C@@H]2C3=C(C[C@@H](c4ccco4)CC3=O)Nc3nc(C(F)(F)F)nn32)cc1. The largest absolute Gasteiger partial charge is 0.494 e. The molecule has 0 radical (unpaired) electrons. The number of carbonyl (C=O) groups is 1. The van der Waals surface area contributed by atoms with Crippen molar-refractivity contribution in [3.63, 3.8) is 0 Å². The van der Waals surface area contributed by atoms with E-state index >= 15 is 0 Å². The van der Waals surface area contributed by atoms with Crippen molar-refractivity contribution in [2.45, 2.75) is 37.9 Å². The molecule has 2 atom stereocenters. The number of hydrogen-bond donors (Lipinski definition) is 1. The van der Waals surface area contributed by atoms with E-state index in [9.17, 15) is 18.0 Å². The number of ether oxygens (including phenoxy) is 1. The maximum absolute atomic E-state index is 13.4. The number of halogens is 3. The van der Waals surface area contributed by atoms with E-state index in [-0.39, 0.29) is 24.1 Å². The van der Waals surface area contributed by atoms with Crippen molar-refractivity contribution in [2.75, 3.05) is 11.9 Å². The van der Waals surface area contributed by atoms with E-state index in [1.54, 1.807) is 36.4 Å². The topological polar surface area (TPSA) is 82.2 Å². The molecule has 1 aromatic carbocycles. The van der Waals surface area contributed by atoms with E-state index in [2.05, 4.69) is 15.4 Å². The molecule has 1 N–H and O–H groups in total. The zero-order valence-electron chi connectivity index (χ0n) is 17.0. The van der Waals surface area contributed by atoms with Crippen LogP contribution in [0.25, 0.3) is 0 Å². The highest BCUT2D eigenvalue weighted by Gasteiger charge is 2.43. The smallest absolute Gasteiger partial charge is 0.453 e. The number of hydrogen-bond acceptors (Lipinski definition) is 6.